The number of methoxy groups -OCH3 is 1. The molecule has 0 aliphatic rings. The van der Waals surface area contributed by atoms with Crippen molar-refractivity contribution < 1.29 is 13.9 Å². The maximum absolute atomic E-state index is 14.0. The van der Waals surface area contributed by atoms with E-state index >= 15 is 0 Å². The number of carbonyl (C=O) groups excluding carboxylic acids is 1. The van der Waals surface area contributed by atoms with Crippen LogP contribution in [0.1, 0.15) is 52.4 Å². The number of unbranched alkanes of at least 4 members (excludes halogenated alkanes) is 1. The molecule has 0 saturated heterocycles. The molecule has 3 aromatic carbocycles. The zero-order valence-corrected chi connectivity index (χ0v) is 17.9. The van der Waals surface area contributed by atoms with Crippen molar-refractivity contribution in [3.05, 3.63) is 100 Å². The first kappa shape index (κ1) is 22.1. The lowest BCUT2D eigenvalue weighted by Gasteiger charge is -2.08. The predicted molar refractivity (Wildman–Crippen MR) is 123 cm³/mol. The van der Waals surface area contributed by atoms with Gasteiger partial charge in [-0.2, -0.15) is 0 Å². The molecule has 1 N–H and O–H groups in total. The van der Waals surface area contributed by atoms with Crippen LogP contribution < -0.4 is 5.32 Å². The summed E-state index contributed by atoms with van der Waals surface area (Å²) >= 11 is 0. The normalized spacial score (nSPS) is 10.2. The number of rotatable bonds is 7. The zero-order valence-electron chi connectivity index (χ0n) is 17.9. The van der Waals surface area contributed by atoms with Crippen LogP contribution in [0.3, 0.4) is 0 Å². The molecule has 158 valence electrons. The lowest BCUT2D eigenvalue weighted by atomic mass is 10.1. The molecule has 31 heavy (non-hydrogen) atoms. The molecular weight excluding hydrogens is 389 g/mol. The molecule has 3 nitrogen and oxygen atoms in total. The molecule has 0 amide bonds. The molecule has 0 fully saturated rings. The van der Waals surface area contributed by atoms with Crippen LogP contribution in [0, 0.1) is 17.7 Å². The van der Waals surface area contributed by atoms with E-state index in [0.29, 0.717) is 12.2 Å². The van der Waals surface area contributed by atoms with Crippen molar-refractivity contribution in [2.24, 2.45) is 0 Å². The van der Waals surface area contributed by atoms with E-state index in [2.05, 4.69) is 53.1 Å². The maximum atomic E-state index is 14.0. The lowest BCUT2D eigenvalue weighted by molar-refractivity contribution is 0.0595. The highest BCUT2D eigenvalue weighted by Gasteiger charge is 2.12. The van der Waals surface area contributed by atoms with Crippen molar-refractivity contribution in [1.29, 1.82) is 0 Å². The first-order valence-electron chi connectivity index (χ1n) is 10.4. The summed E-state index contributed by atoms with van der Waals surface area (Å²) < 4.78 is 18.6. The Labute approximate surface area is 183 Å². The van der Waals surface area contributed by atoms with E-state index in [0.717, 1.165) is 23.1 Å². The van der Waals surface area contributed by atoms with Gasteiger partial charge in [-0.3, -0.25) is 0 Å². The van der Waals surface area contributed by atoms with Gasteiger partial charge in [0.1, 0.15) is 5.82 Å². The molecule has 0 heterocycles. The number of anilines is 1. The molecule has 0 aliphatic heterocycles. The lowest BCUT2D eigenvalue weighted by Crippen LogP contribution is -2.06. The highest BCUT2D eigenvalue weighted by Crippen LogP contribution is 2.16. The van der Waals surface area contributed by atoms with Crippen molar-refractivity contribution in [3.8, 4) is 11.8 Å². The van der Waals surface area contributed by atoms with Crippen molar-refractivity contribution in [2.45, 2.75) is 32.7 Å². The number of esters is 1. The summed E-state index contributed by atoms with van der Waals surface area (Å²) in [5, 5.41) is 3.15. The van der Waals surface area contributed by atoms with Gasteiger partial charge in [0.25, 0.3) is 0 Å². The number of aryl methyl sites for hydroxylation is 1. The SMILES string of the molecule is CCCCc1ccc(C#Cc2ccc(CNc3ccc(C(=O)OC)c(F)c3)cc2)cc1. The molecular formula is C27H26FNO2. The average Bonchev–Trinajstić information content (AvgIpc) is 2.81. The second-order valence-corrected chi connectivity index (χ2v) is 7.29. The van der Waals surface area contributed by atoms with Crippen LogP contribution in [0.2, 0.25) is 0 Å². The van der Waals surface area contributed by atoms with Crippen molar-refractivity contribution in [2.75, 3.05) is 12.4 Å². The zero-order chi connectivity index (χ0) is 22.1. The first-order valence-corrected chi connectivity index (χ1v) is 10.4. The summed E-state index contributed by atoms with van der Waals surface area (Å²) in [6.45, 7) is 2.73. The molecule has 0 unspecified atom stereocenters. The number of ether oxygens (including phenoxy) is 1. The Morgan fingerprint density at radius 2 is 1.55 bits per heavy atom. The Bertz CT molecular complexity index is 1080. The Morgan fingerprint density at radius 1 is 0.935 bits per heavy atom. The number of benzene rings is 3. The van der Waals surface area contributed by atoms with Crippen LogP contribution in [-0.2, 0) is 17.7 Å². The minimum absolute atomic E-state index is 0.0772. The number of hydrogen-bond acceptors (Lipinski definition) is 3. The first-order chi connectivity index (χ1) is 15.1. The minimum Gasteiger partial charge on any atom is -0.465 e. The number of nitrogens with one attached hydrogen (secondary N) is 1. The molecule has 0 saturated carbocycles. The Balaban J connectivity index is 1.57. The van der Waals surface area contributed by atoms with E-state index in [1.54, 1.807) is 6.07 Å². The van der Waals surface area contributed by atoms with E-state index in [1.165, 1.54) is 37.6 Å². The van der Waals surface area contributed by atoms with Crippen LogP contribution in [0.5, 0.6) is 0 Å². The van der Waals surface area contributed by atoms with Gasteiger partial charge in [0.15, 0.2) is 0 Å². The molecule has 0 atom stereocenters. The maximum Gasteiger partial charge on any atom is 0.340 e. The minimum atomic E-state index is -0.687. The van der Waals surface area contributed by atoms with E-state index in [-0.39, 0.29) is 5.56 Å². The van der Waals surface area contributed by atoms with Crippen LogP contribution >= 0.6 is 0 Å². The quantitative estimate of drug-likeness (QED) is 0.382. The number of hydrogen-bond donors (Lipinski definition) is 1. The Hall–Kier alpha value is -3.58. The third-order valence-electron chi connectivity index (χ3n) is 4.95. The number of carbonyl (C=O) groups is 1. The molecule has 3 rings (SSSR count). The molecule has 0 spiro atoms. The van der Waals surface area contributed by atoms with Gasteiger partial charge in [0.05, 0.1) is 12.7 Å². The van der Waals surface area contributed by atoms with Gasteiger partial charge in [-0.15, -0.1) is 0 Å². The molecule has 0 aromatic heterocycles. The Morgan fingerprint density at radius 3 is 2.10 bits per heavy atom. The van der Waals surface area contributed by atoms with Gasteiger partial charge in [0, 0.05) is 23.4 Å². The summed E-state index contributed by atoms with van der Waals surface area (Å²) in [6, 6.07) is 20.7. The highest BCUT2D eigenvalue weighted by molar-refractivity contribution is 5.90. The van der Waals surface area contributed by atoms with E-state index < -0.39 is 11.8 Å². The van der Waals surface area contributed by atoms with Gasteiger partial charge in [0.2, 0.25) is 0 Å². The number of halogens is 1. The van der Waals surface area contributed by atoms with Crippen molar-refractivity contribution in [1.82, 2.24) is 0 Å². The van der Waals surface area contributed by atoms with Crippen LogP contribution in [0.15, 0.2) is 66.7 Å². The van der Waals surface area contributed by atoms with Gasteiger partial charge >= 0.3 is 5.97 Å². The van der Waals surface area contributed by atoms with Crippen molar-refractivity contribution >= 4 is 11.7 Å². The fourth-order valence-electron chi connectivity index (χ4n) is 3.09. The van der Waals surface area contributed by atoms with Crippen LogP contribution in [0.4, 0.5) is 10.1 Å². The molecule has 0 radical (unpaired) electrons. The third kappa shape index (κ3) is 6.45. The molecule has 3 aromatic rings. The summed E-state index contributed by atoms with van der Waals surface area (Å²) in [5.41, 5.74) is 4.85. The van der Waals surface area contributed by atoms with Gasteiger partial charge in [-0.05, 0) is 66.4 Å². The fourth-order valence-corrected chi connectivity index (χ4v) is 3.09. The van der Waals surface area contributed by atoms with Gasteiger partial charge in [-0.25, -0.2) is 9.18 Å². The van der Waals surface area contributed by atoms with Gasteiger partial charge < -0.3 is 10.1 Å². The third-order valence-corrected chi connectivity index (χ3v) is 4.95. The smallest absolute Gasteiger partial charge is 0.340 e. The topological polar surface area (TPSA) is 38.3 Å². The molecule has 4 heteroatoms. The van der Waals surface area contributed by atoms with E-state index in [4.69, 9.17) is 0 Å². The Kier molecular flexibility index (Phi) is 7.84. The summed E-state index contributed by atoms with van der Waals surface area (Å²) in [5.74, 6) is 5.10. The van der Waals surface area contributed by atoms with Crippen LogP contribution in [-0.4, -0.2) is 13.1 Å². The van der Waals surface area contributed by atoms with E-state index in [1.807, 2.05) is 24.3 Å². The van der Waals surface area contributed by atoms with E-state index in [9.17, 15) is 9.18 Å². The van der Waals surface area contributed by atoms with Gasteiger partial charge in [-0.1, -0.05) is 49.5 Å². The van der Waals surface area contributed by atoms with Crippen molar-refractivity contribution in [3.63, 3.8) is 0 Å². The summed E-state index contributed by atoms with van der Waals surface area (Å²) in [4.78, 5) is 11.5. The molecule has 0 aliphatic carbocycles. The summed E-state index contributed by atoms with van der Waals surface area (Å²) in [6.07, 6.45) is 3.52. The average molecular weight is 416 g/mol. The highest BCUT2D eigenvalue weighted by atomic mass is 19.1. The second kappa shape index (κ2) is 11.0. The standard InChI is InChI=1S/C27H26FNO2/c1-3-4-5-20-6-8-21(9-7-20)10-11-22-12-14-23(15-13-22)19-29-24-16-17-25(26(28)18-24)27(30)31-2/h6-9,12-18,29H,3-5,19H2,1-2H3. The molecule has 0 bridgehead atoms. The van der Waals surface area contributed by atoms with Crippen LogP contribution in [0.25, 0.3) is 0 Å². The predicted octanol–water partition coefficient (Wildman–Crippen LogP) is 5.97. The largest absolute Gasteiger partial charge is 0.465 e. The fraction of sp³-hybridized carbons (Fsp3) is 0.222. The monoisotopic (exact) mass is 415 g/mol. The summed E-state index contributed by atoms with van der Waals surface area (Å²) in [7, 11) is 1.23. The second-order valence-electron chi connectivity index (χ2n) is 7.29.